The molecule has 0 saturated carbocycles. The zero-order valence-corrected chi connectivity index (χ0v) is 13.1. The first-order valence-corrected chi connectivity index (χ1v) is 7.86. The van der Waals surface area contributed by atoms with E-state index in [1.807, 2.05) is 24.1 Å². The Morgan fingerprint density at radius 3 is 3.09 bits per heavy atom. The van der Waals surface area contributed by atoms with Gasteiger partial charge in [-0.25, -0.2) is 0 Å². The van der Waals surface area contributed by atoms with E-state index in [4.69, 9.17) is 0 Å². The second-order valence-corrected chi connectivity index (χ2v) is 5.76. The van der Waals surface area contributed by atoms with Crippen LogP contribution in [0, 0.1) is 0 Å². The quantitative estimate of drug-likeness (QED) is 0.857. The zero-order valence-electron chi connectivity index (χ0n) is 13.1. The maximum absolute atomic E-state index is 12.7. The fraction of sp³-hybridized carbons (Fsp3) is 0.600. The monoisotopic (exact) mass is 302 g/mol. The zero-order chi connectivity index (χ0) is 15.5. The Morgan fingerprint density at radius 2 is 2.36 bits per heavy atom. The lowest BCUT2D eigenvalue weighted by atomic mass is 9.96. The third-order valence-corrected chi connectivity index (χ3v) is 4.36. The summed E-state index contributed by atoms with van der Waals surface area (Å²) in [7, 11) is 0. The molecule has 2 atom stereocenters. The summed E-state index contributed by atoms with van der Waals surface area (Å²) in [6.07, 6.45) is 7.35. The molecule has 3 heterocycles. The van der Waals surface area contributed by atoms with Crippen molar-refractivity contribution in [2.45, 2.75) is 45.2 Å². The fourth-order valence-electron chi connectivity index (χ4n) is 3.10. The van der Waals surface area contributed by atoms with Crippen molar-refractivity contribution in [2.24, 2.45) is 0 Å². The van der Waals surface area contributed by atoms with Gasteiger partial charge in [0.05, 0.1) is 0 Å². The minimum absolute atomic E-state index is 0.121. The summed E-state index contributed by atoms with van der Waals surface area (Å²) in [6.45, 7) is 6.35. The van der Waals surface area contributed by atoms with Crippen molar-refractivity contribution in [1.82, 2.24) is 29.4 Å². The molecule has 0 N–H and O–H groups in total. The average Bonchev–Trinajstić information content (AvgIpc) is 3.24. The number of aryl methyl sites for hydroxylation is 1. The van der Waals surface area contributed by atoms with Gasteiger partial charge in [-0.15, -0.1) is 10.2 Å². The summed E-state index contributed by atoms with van der Waals surface area (Å²) < 4.78 is 3.77. The molecule has 7 nitrogen and oxygen atoms in total. The standard InChI is InChI=1S/C15H22N6O/c1-3-19-11-16-18-14(19)13-6-4-8-20(10-13)15(22)12(2)21-9-5-7-17-21/h5,7,9,11-13H,3-4,6,8,10H2,1-2H3. The van der Waals surface area contributed by atoms with Crippen LogP contribution in [0.25, 0.3) is 0 Å². The van der Waals surface area contributed by atoms with E-state index in [2.05, 4.69) is 26.8 Å². The van der Waals surface area contributed by atoms with Gasteiger partial charge in [0.15, 0.2) is 0 Å². The van der Waals surface area contributed by atoms with Gasteiger partial charge in [0.1, 0.15) is 18.2 Å². The minimum Gasteiger partial charge on any atom is -0.340 e. The number of hydrogen-bond acceptors (Lipinski definition) is 4. The minimum atomic E-state index is -0.266. The van der Waals surface area contributed by atoms with Crippen LogP contribution in [0.3, 0.4) is 0 Å². The van der Waals surface area contributed by atoms with E-state index in [1.165, 1.54) is 0 Å². The molecule has 118 valence electrons. The van der Waals surface area contributed by atoms with Crippen LogP contribution in [-0.4, -0.2) is 48.4 Å². The first-order valence-electron chi connectivity index (χ1n) is 7.86. The van der Waals surface area contributed by atoms with Gasteiger partial charge in [-0.3, -0.25) is 9.48 Å². The van der Waals surface area contributed by atoms with Crippen LogP contribution in [0.15, 0.2) is 24.8 Å². The largest absolute Gasteiger partial charge is 0.340 e. The summed E-state index contributed by atoms with van der Waals surface area (Å²) in [4.78, 5) is 14.6. The van der Waals surface area contributed by atoms with Gasteiger partial charge in [-0.1, -0.05) is 0 Å². The SMILES string of the molecule is CCn1cnnc1C1CCCN(C(=O)C(C)n2cccn2)C1. The van der Waals surface area contributed by atoms with Gasteiger partial charge in [-0.2, -0.15) is 5.10 Å². The molecule has 22 heavy (non-hydrogen) atoms. The third kappa shape index (κ3) is 2.75. The number of hydrogen-bond donors (Lipinski definition) is 0. The summed E-state index contributed by atoms with van der Waals surface area (Å²) in [6, 6.07) is 1.57. The Kier molecular flexibility index (Phi) is 4.22. The molecular formula is C15H22N6O. The molecule has 0 bridgehead atoms. The van der Waals surface area contributed by atoms with E-state index >= 15 is 0 Å². The van der Waals surface area contributed by atoms with Crippen molar-refractivity contribution < 1.29 is 4.79 Å². The van der Waals surface area contributed by atoms with Crippen molar-refractivity contribution in [2.75, 3.05) is 13.1 Å². The first kappa shape index (κ1) is 14.7. The van der Waals surface area contributed by atoms with Crippen LogP contribution in [-0.2, 0) is 11.3 Å². The Hall–Kier alpha value is -2.18. The van der Waals surface area contributed by atoms with E-state index in [0.717, 1.165) is 31.8 Å². The number of rotatable bonds is 4. The lowest BCUT2D eigenvalue weighted by molar-refractivity contribution is -0.135. The smallest absolute Gasteiger partial charge is 0.247 e. The van der Waals surface area contributed by atoms with Crippen LogP contribution >= 0.6 is 0 Å². The van der Waals surface area contributed by atoms with Crippen molar-refractivity contribution in [3.63, 3.8) is 0 Å². The van der Waals surface area contributed by atoms with Gasteiger partial charge in [0.2, 0.25) is 5.91 Å². The lowest BCUT2D eigenvalue weighted by Crippen LogP contribution is -2.42. The van der Waals surface area contributed by atoms with E-state index in [-0.39, 0.29) is 17.9 Å². The van der Waals surface area contributed by atoms with Crippen molar-refractivity contribution in [1.29, 1.82) is 0 Å². The maximum atomic E-state index is 12.7. The Bertz CT molecular complexity index is 620. The third-order valence-electron chi connectivity index (χ3n) is 4.36. The van der Waals surface area contributed by atoms with Gasteiger partial charge in [-0.05, 0) is 32.8 Å². The number of aromatic nitrogens is 5. The summed E-state index contributed by atoms with van der Waals surface area (Å²) in [5.41, 5.74) is 0. The molecule has 1 aliphatic heterocycles. The van der Waals surface area contributed by atoms with Crippen LogP contribution in [0.2, 0.25) is 0 Å². The number of carbonyl (C=O) groups excluding carboxylic acids is 1. The van der Waals surface area contributed by atoms with E-state index in [0.29, 0.717) is 6.54 Å². The van der Waals surface area contributed by atoms with Crippen LogP contribution in [0.1, 0.15) is 44.5 Å². The molecule has 7 heteroatoms. The van der Waals surface area contributed by atoms with E-state index in [9.17, 15) is 4.79 Å². The van der Waals surface area contributed by atoms with Crippen molar-refractivity contribution >= 4 is 5.91 Å². The molecule has 0 aromatic carbocycles. The van der Waals surface area contributed by atoms with Gasteiger partial charge >= 0.3 is 0 Å². The number of amides is 1. The molecular weight excluding hydrogens is 280 g/mol. The second kappa shape index (κ2) is 6.29. The maximum Gasteiger partial charge on any atom is 0.247 e. The molecule has 1 aliphatic rings. The second-order valence-electron chi connectivity index (χ2n) is 5.76. The number of carbonyl (C=O) groups is 1. The molecule has 0 spiro atoms. The number of nitrogens with zero attached hydrogens (tertiary/aromatic N) is 6. The molecule has 3 rings (SSSR count). The van der Waals surface area contributed by atoms with Crippen molar-refractivity contribution in [3.8, 4) is 0 Å². The van der Waals surface area contributed by atoms with Gasteiger partial charge in [0.25, 0.3) is 0 Å². The molecule has 1 amide bonds. The lowest BCUT2D eigenvalue weighted by Gasteiger charge is -2.34. The van der Waals surface area contributed by atoms with Crippen molar-refractivity contribution in [3.05, 3.63) is 30.6 Å². The molecule has 0 aliphatic carbocycles. The van der Waals surface area contributed by atoms with Crippen LogP contribution in [0.5, 0.6) is 0 Å². The molecule has 2 aromatic rings. The highest BCUT2D eigenvalue weighted by Gasteiger charge is 2.30. The number of piperidine rings is 1. The molecule has 0 radical (unpaired) electrons. The van der Waals surface area contributed by atoms with Gasteiger partial charge in [0, 0.05) is 37.9 Å². The summed E-state index contributed by atoms with van der Waals surface area (Å²) in [5.74, 6) is 1.38. The summed E-state index contributed by atoms with van der Waals surface area (Å²) >= 11 is 0. The summed E-state index contributed by atoms with van der Waals surface area (Å²) in [5, 5.41) is 12.4. The Morgan fingerprint density at radius 1 is 1.50 bits per heavy atom. The van der Waals surface area contributed by atoms with Crippen LogP contribution in [0.4, 0.5) is 0 Å². The highest BCUT2D eigenvalue weighted by Crippen LogP contribution is 2.26. The fourth-order valence-corrected chi connectivity index (χ4v) is 3.10. The topological polar surface area (TPSA) is 68.8 Å². The van der Waals surface area contributed by atoms with E-state index < -0.39 is 0 Å². The Balaban J connectivity index is 1.71. The highest BCUT2D eigenvalue weighted by atomic mass is 16.2. The van der Waals surface area contributed by atoms with Crippen LogP contribution < -0.4 is 0 Å². The molecule has 2 aromatic heterocycles. The molecule has 1 saturated heterocycles. The van der Waals surface area contributed by atoms with Gasteiger partial charge < -0.3 is 9.47 Å². The first-order chi connectivity index (χ1) is 10.7. The highest BCUT2D eigenvalue weighted by molar-refractivity contribution is 5.80. The predicted molar refractivity (Wildman–Crippen MR) is 81.2 cm³/mol. The molecule has 1 fully saturated rings. The Labute approximate surface area is 129 Å². The predicted octanol–water partition coefficient (Wildman–Crippen LogP) is 1.46. The molecule has 2 unspecified atom stereocenters. The normalized spacial score (nSPS) is 20.1. The average molecular weight is 302 g/mol. The van der Waals surface area contributed by atoms with E-state index in [1.54, 1.807) is 17.2 Å². The number of likely N-dealkylation sites (tertiary alicyclic amines) is 1.